The van der Waals surface area contributed by atoms with Gasteiger partial charge in [-0.25, -0.2) is 0 Å². The van der Waals surface area contributed by atoms with Gasteiger partial charge in [0.05, 0.1) is 6.07 Å². The number of nitrogens with zero attached hydrogens (tertiary/aromatic N) is 2. The van der Waals surface area contributed by atoms with Crippen LogP contribution < -0.4 is 5.32 Å². The number of nitro groups is 1. The molecule has 19 heavy (non-hydrogen) atoms. The molecule has 0 bridgehead atoms. The molecule has 1 saturated heterocycles. The molecule has 8 heteroatoms. The molecule has 2 rings (SSSR count). The van der Waals surface area contributed by atoms with E-state index in [1.165, 1.54) is 12.1 Å². The van der Waals surface area contributed by atoms with Crippen molar-refractivity contribution in [3.63, 3.8) is 0 Å². The molecule has 0 spiro atoms. The van der Waals surface area contributed by atoms with Crippen LogP contribution >= 0.6 is 12.4 Å². The highest BCUT2D eigenvalue weighted by molar-refractivity contribution is 5.91. The molecule has 0 aromatic carbocycles. The summed E-state index contributed by atoms with van der Waals surface area (Å²) in [5.74, 6) is -0.699. The number of nitrogens with one attached hydrogen (secondary N) is 1. The van der Waals surface area contributed by atoms with Gasteiger partial charge in [-0.2, -0.15) is 0 Å². The van der Waals surface area contributed by atoms with Gasteiger partial charge in [-0.15, -0.1) is 12.4 Å². The minimum atomic E-state index is -0.651. The van der Waals surface area contributed by atoms with Crippen LogP contribution in [-0.2, 0) is 0 Å². The molecule has 1 N–H and O–H groups in total. The number of carbonyl (C=O) groups is 1. The topological polar surface area (TPSA) is 88.6 Å². The molecule has 0 aliphatic carbocycles. The zero-order valence-corrected chi connectivity index (χ0v) is 11.3. The molecule has 1 amide bonds. The van der Waals surface area contributed by atoms with Crippen LogP contribution in [0.4, 0.5) is 5.88 Å². The molecule has 0 unspecified atom stereocenters. The van der Waals surface area contributed by atoms with Crippen molar-refractivity contribution >= 4 is 24.2 Å². The minimum absolute atomic E-state index is 0. The Balaban J connectivity index is 0.00000180. The molecule has 106 valence electrons. The second kappa shape index (κ2) is 6.53. The van der Waals surface area contributed by atoms with Crippen LogP contribution in [0.2, 0.25) is 0 Å². The first-order chi connectivity index (χ1) is 8.59. The van der Waals surface area contributed by atoms with Gasteiger partial charge in [-0.05, 0) is 32.0 Å². The molecule has 0 saturated carbocycles. The standard InChI is InChI=1S/C11H15N3O4.ClH/c1-13(8-4-6-12-7-5-8)11(15)9-2-3-10(18-9)14(16)17;/h2-3,8,12H,4-7H2,1H3;1H. The predicted molar refractivity (Wildman–Crippen MR) is 70.6 cm³/mol. The van der Waals surface area contributed by atoms with E-state index >= 15 is 0 Å². The van der Waals surface area contributed by atoms with E-state index in [1.807, 2.05) is 0 Å². The maximum atomic E-state index is 12.1. The summed E-state index contributed by atoms with van der Waals surface area (Å²) >= 11 is 0. The lowest BCUT2D eigenvalue weighted by molar-refractivity contribution is -0.402. The van der Waals surface area contributed by atoms with Gasteiger partial charge in [-0.3, -0.25) is 14.9 Å². The summed E-state index contributed by atoms with van der Waals surface area (Å²) in [6.07, 6.45) is 1.76. The van der Waals surface area contributed by atoms with Crippen LogP contribution in [0.25, 0.3) is 0 Å². The summed E-state index contributed by atoms with van der Waals surface area (Å²) in [7, 11) is 1.70. The van der Waals surface area contributed by atoms with Gasteiger partial charge in [0.2, 0.25) is 0 Å². The van der Waals surface area contributed by atoms with Crippen molar-refractivity contribution in [2.75, 3.05) is 20.1 Å². The van der Waals surface area contributed by atoms with Crippen LogP contribution in [-0.4, -0.2) is 41.9 Å². The van der Waals surface area contributed by atoms with E-state index in [1.54, 1.807) is 11.9 Å². The summed E-state index contributed by atoms with van der Waals surface area (Å²) in [5, 5.41) is 13.7. The SMILES string of the molecule is CN(C(=O)c1ccc([N+](=O)[O-])o1)C1CCNCC1.Cl. The number of piperidine rings is 1. The maximum absolute atomic E-state index is 12.1. The summed E-state index contributed by atoms with van der Waals surface area (Å²) in [6.45, 7) is 1.75. The fraction of sp³-hybridized carbons (Fsp3) is 0.545. The van der Waals surface area contributed by atoms with Crippen LogP contribution in [0.15, 0.2) is 16.5 Å². The zero-order valence-electron chi connectivity index (χ0n) is 10.5. The smallest absolute Gasteiger partial charge is 0.395 e. The van der Waals surface area contributed by atoms with Crippen molar-refractivity contribution in [3.05, 3.63) is 28.0 Å². The Morgan fingerprint density at radius 2 is 2.11 bits per heavy atom. The molecule has 1 fully saturated rings. The van der Waals surface area contributed by atoms with Crippen molar-refractivity contribution < 1.29 is 14.1 Å². The number of rotatable bonds is 3. The lowest BCUT2D eigenvalue weighted by Crippen LogP contribution is -2.43. The molecule has 1 aliphatic rings. The zero-order chi connectivity index (χ0) is 13.1. The lowest BCUT2D eigenvalue weighted by Gasteiger charge is -2.30. The van der Waals surface area contributed by atoms with E-state index in [0.29, 0.717) is 0 Å². The van der Waals surface area contributed by atoms with Crippen LogP contribution in [0, 0.1) is 10.1 Å². The van der Waals surface area contributed by atoms with Crippen molar-refractivity contribution in [1.29, 1.82) is 0 Å². The average Bonchev–Trinajstić information content (AvgIpc) is 2.88. The summed E-state index contributed by atoms with van der Waals surface area (Å²) in [6, 6.07) is 2.70. The maximum Gasteiger partial charge on any atom is 0.433 e. The highest BCUT2D eigenvalue weighted by Gasteiger charge is 2.26. The third-order valence-corrected chi connectivity index (χ3v) is 3.16. The highest BCUT2D eigenvalue weighted by Crippen LogP contribution is 2.19. The Kier molecular flexibility index (Phi) is 5.31. The van der Waals surface area contributed by atoms with E-state index in [-0.39, 0.29) is 30.1 Å². The van der Waals surface area contributed by atoms with E-state index in [4.69, 9.17) is 4.42 Å². The van der Waals surface area contributed by atoms with Gasteiger partial charge < -0.3 is 14.6 Å². The predicted octanol–water partition coefficient (Wildman–Crippen LogP) is 1.43. The molecular weight excluding hydrogens is 274 g/mol. The minimum Gasteiger partial charge on any atom is -0.395 e. The first kappa shape index (κ1) is 15.5. The Hall–Kier alpha value is -1.60. The van der Waals surface area contributed by atoms with Crippen LogP contribution in [0.3, 0.4) is 0 Å². The molecule has 0 atom stereocenters. The van der Waals surface area contributed by atoms with E-state index < -0.39 is 10.8 Å². The molecule has 1 aromatic rings. The summed E-state index contributed by atoms with van der Waals surface area (Å²) in [4.78, 5) is 23.5. The number of hydrogen-bond donors (Lipinski definition) is 1. The fourth-order valence-corrected chi connectivity index (χ4v) is 2.07. The van der Waals surface area contributed by atoms with Gasteiger partial charge in [0.25, 0.3) is 5.91 Å². The molecule has 7 nitrogen and oxygen atoms in total. The van der Waals surface area contributed by atoms with E-state index in [0.717, 1.165) is 25.9 Å². The van der Waals surface area contributed by atoms with Crippen molar-refractivity contribution in [2.45, 2.75) is 18.9 Å². The highest BCUT2D eigenvalue weighted by atomic mass is 35.5. The molecular formula is C11H16ClN3O4. The van der Waals surface area contributed by atoms with Crippen molar-refractivity contribution in [3.8, 4) is 0 Å². The monoisotopic (exact) mass is 289 g/mol. The summed E-state index contributed by atoms with van der Waals surface area (Å²) in [5.41, 5.74) is 0. The Bertz CT molecular complexity index is 457. The van der Waals surface area contributed by atoms with Crippen molar-refractivity contribution in [1.82, 2.24) is 10.2 Å². The quantitative estimate of drug-likeness (QED) is 0.672. The van der Waals surface area contributed by atoms with Gasteiger partial charge in [0.1, 0.15) is 4.92 Å². The first-order valence-corrected chi connectivity index (χ1v) is 5.81. The number of furan rings is 1. The van der Waals surface area contributed by atoms with Gasteiger partial charge in [0.15, 0.2) is 5.76 Å². The van der Waals surface area contributed by atoms with Gasteiger partial charge in [-0.1, -0.05) is 0 Å². The molecule has 1 aromatic heterocycles. The molecule has 0 radical (unpaired) electrons. The van der Waals surface area contributed by atoms with Gasteiger partial charge >= 0.3 is 5.88 Å². The fourth-order valence-electron chi connectivity index (χ4n) is 2.07. The Morgan fingerprint density at radius 3 is 2.63 bits per heavy atom. The van der Waals surface area contributed by atoms with E-state index in [9.17, 15) is 14.9 Å². The molecule has 1 aliphatic heterocycles. The van der Waals surface area contributed by atoms with Crippen molar-refractivity contribution in [2.24, 2.45) is 0 Å². The molecule has 2 heterocycles. The number of hydrogen-bond acceptors (Lipinski definition) is 5. The Morgan fingerprint density at radius 1 is 1.47 bits per heavy atom. The van der Waals surface area contributed by atoms with E-state index in [2.05, 4.69) is 5.32 Å². The van der Waals surface area contributed by atoms with Crippen LogP contribution in [0.5, 0.6) is 0 Å². The second-order valence-corrected chi connectivity index (χ2v) is 4.29. The normalized spacial score (nSPS) is 15.6. The summed E-state index contributed by atoms with van der Waals surface area (Å²) < 4.78 is 4.91. The number of carbonyl (C=O) groups excluding carboxylic acids is 1. The lowest BCUT2D eigenvalue weighted by atomic mass is 10.1. The second-order valence-electron chi connectivity index (χ2n) is 4.29. The first-order valence-electron chi connectivity index (χ1n) is 5.81. The van der Waals surface area contributed by atoms with Crippen LogP contribution in [0.1, 0.15) is 23.4 Å². The average molecular weight is 290 g/mol. The third-order valence-electron chi connectivity index (χ3n) is 3.16. The Labute approximate surface area is 116 Å². The number of halogens is 1. The third kappa shape index (κ3) is 3.45. The largest absolute Gasteiger partial charge is 0.433 e. The van der Waals surface area contributed by atoms with Gasteiger partial charge in [0, 0.05) is 13.1 Å². The number of amides is 1.